The lowest BCUT2D eigenvalue weighted by Gasteiger charge is -2.10. The van der Waals surface area contributed by atoms with E-state index in [-0.39, 0.29) is 11.8 Å². The van der Waals surface area contributed by atoms with Gasteiger partial charge in [-0.1, -0.05) is 47.5 Å². The van der Waals surface area contributed by atoms with E-state index >= 15 is 0 Å². The van der Waals surface area contributed by atoms with Crippen LogP contribution >= 0.6 is 22.9 Å². The van der Waals surface area contributed by atoms with Crippen LogP contribution in [0, 0.1) is 6.92 Å². The minimum absolute atomic E-state index is 0.227. The van der Waals surface area contributed by atoms with E-state index in [2.05, 4.69) is 10.6 Å². The third-order valence-electron chi connectivity index (χ3n) is 3.76. The summed E-state index contributed by atoms with van der Waals surface area (Å²) < 4.78 is 0. The van der Waals surface area contributed by atoms with Gasteiger partial charge in [-0.15, -0.1) is 11.3 Å². The smallest absolute Gasteiger partial charge is 0.265 e. The zero-order valence-corrected chi connectivity index (χ0v) is 15.7. The largest absolute Gasteiger partial charge is 0.348 e. The molecular weight excluding hydrogens is 368 g/mol. The summed E-state index contributed by atoms with van der Waals surface area (Å²) in [5.74, 6) is -0.478. The fourth-order valence-electron chi connectivity index (χ4n) is 2.46. The minimum Gasteiger partial charge on any atom is -0.348 e. The molecule has 0 radical (unpaired) electrons. The fourth-order valence-corrected chi connectivity index (χ4v) is 3.24. The van der Waals surface area contributed by atoms with Crippen molar-refractivity contribution in [2.45, 2.75) is 13.5 Å². The number of rotatable bonds is 5. The van der Waals surface area contributed by atoms with E-state index in [9.17, 15) is 9.59 Å². The van der Waals surface area contributed by atoms with Gasteiger partial charge in [0, 0.05) is 12.1 Å². The number of carbonyl (C=O) groups is 2. The maximum Gasteiger partial charge on any atom is 0.265 e. The minimum atomic E-state index is -0.251. The number of hydrogen-bond donors (Lipinski definition) is 2. The van der Waals surface area contributed by atoms with Crippen molar-refractivity contribution in [2.75, 3.05) is 5.32 Å². The normalized spacial score (nSPS) is 10.4. The SMILES string of the molecule is Cc1cccc(CNC(=O)c2ccc(Cl)c(NC(=O)c3cccs3)c2)c1. The predicted molar refractivity (Wildman–Crippen MR) is 106 cm³/mol. The molecule has 0 saturated carbocycles. The molecule has 0 spiro atoms. The standard InChI is InChI=1S/C20H17ClN2O2S/c1-13-4-2-5-14(10-13)12-22-19(24)15-7-8-16(21)17(11-15)23-20(25)18-6-3-9-26-18/h2-11H,12H2,1H3,(H,22,24)(H,23,25). The van der Waals surface area contributed by atoms with Crippen molar-refractivity contribution in [3.63, 3.8) is 0 Å². The van der Waals surface area contributed by atoms with Crippen molar-refractivity contribution in [1.82, 2.24) is 5.32 Å². The van der Waals surface area contributed by atoms with Gasteiger partial charge in [-0.2, -0.15) is 0 Å². The topological polar surface area (TPSA) is 58.2 Å². The summed E-state index contributed by atoms with van der Waals surface area (Å²) in [6.45, 7) is 2.44. The second-order valence-corrected chi connectivity index (χ2v) is 7.15. The van der Waals surface area contributed by atoms with Gasteiger partial charge in [0.15, 0.2) is 0 Å². The van der Waals surface area contributed by atoms with Gasteiger partial charge in [-0.05, 0) is 42.1 Å². The fraction of sp³-hybridized carbons (Fsp3) is 0.100. The summed E-state index contributed by atoms with van der Waals surface area (Å²) in [6, 6.07) is 16.3. The van der Waals surface area contributed by atoms with Crippen LogP contribution < -0.4 is 10.6 Å². The van der Waals surface area contributed by atoms with Gasteiger partial charge in [0.2, 0.25) is 0 Å². The van der Waals surface area contributed by atoms with Gasteiger partial charge in [0.1, 0.15) is 0 Å². The molecule has 0 aliphatic carbocycles. The monoisotopic (exact) mass is 384 g/mol. The number of anilines is 1. The van der Waals surface area contributed by atoms with Crippen LogP contribution in [0.5, 0.6) is 0 Å². The molecule has 0 aliphatic heterocycles. The molecule has 0 fully saturated rings. The van der Waals surface area contributed by atoms with Gasteiger partial charge in [0.05, 0.1) is 15.6 Å². The molecule has 0 unspecified atom stereocenters. The first-order chi connectivity index (χ1) is 12.5. The highest BCUT2D eigenvalue weighted by Crippen LogP contribution is 2.24. The van der Waals surface area contributed by atoms with Crippen molar-refractivity contribution in [3.05, 3.63) is 86.6 Å². The second-order valence-electron chi connectivity index (χ2n) is 5.80. The van der Waals surface area contributed by atoms with Crippen molar-refractivity contribution >= 4 is 40.4 Å². The summed E-state index contributed by atoms with van der Waals surface area (Å²) >= 11 is 7.49. The summed E-state index contributed by atoms with van der Waals surface area (Å²) in [7, 11) is 0. The third-order valence-corrected chi connectivity index (χ3v) is 4.96. The first kappa shape index (κ1) is 18.2. The van der Waals surface area contributed by atoms with E-state index in [0.717, 1.165) is 11.1 Å². The van der Waals surface area contributed by atoms with Crippen LogP contribution in [0.1, 0.15) is 31.2 Å². The van der Waals surface area contributed by atoms with Crippen molar-refractivity contribution in [1.29, 1.82) is 0 Å². The van der Waals surface area contributed by atoms with Crippen LogP contribution in [-0.2, 0) is 6.54 Å². The molecule has 2 aromatic carbocycles. The van der Waals surface area contributed by atoms with Gasteiger partial charge < -0.3 is 10.6 Å². The Kier molecular flexibility index (Phi) is 5.71. The Balaban J connectivity index is 1.70. The Morgan fingerprint density at radius 1 is 1.04 bits per heavy atom. The average Bonchev–Trinajstić information content (AvgIpc) is 3.16. The molecule has 1 heterocycles. The molecule has 2 amide bonds. The molecule has 132 valence electrons. The lowest BCUT2D eigenvalue weighted by atomic mass is 10.1. The Morgan fingerprint density at radius 2 is 1.88 bits per heavy atom. The van der Waals surface area contributed by atoms with Gasteiger partial charge in [-0.3, -0.25) is 9.59 Å². The highest BCUT2D eigenvalue weighted by molar-refractivity contribution is 7.12. The average molecular weight is 385 g/mol. The molecule has 0 bridgehead atoms. The number of benzene rings is 2. The van der Waals surface area contributed by atoms with E-state index in [4.69, 9.17) is 11.6 Å². The number of hydrogen-bond acceptors (Lipinski definition) is 3. The molecule has 1 aromatic heterocycles. The molecule has 4 nitrogen and oxygen atoms in total. The van der Waals surface area contributed by atoms with E-state index in [1.807, 2.05) is 36.6 Å². The zero-order valence-electron chi connectivity index (χ0n) is 14.1. The number of nitrogens with one attached hydrogen (secondary N) is 2. The highest BCUT2D eigenvalue weighted by atomic mass is 35.5. The molecule has 3 rings (SSSR count). The quantitative estimate of drug-likeness (QED) is 0.657. The third kappa shape index (κ3) is 4.50. The molecule has 6 heteroatoms. The first-order valence-electron chi connectivity index (χ1n) is 8.01. The lowest BCUT2D eigenvalue weighted by molar-refractivity contribution is 0.0949. The van der Waals surface area contributed by atoms with Gasteiger partial charge >= 0.3 is 0 Å². The predicted octanol–water partition coefficient (Wildman–Crippen LogP) is 4.89. The van der Waals surface area contributed by atoms with Crippen LogP contribution in [-0.4, -0.2) is 11.8 Å². The molecular formula is C20H17ClN2O2S. The summed E-state index contributed by atoms with van der Waals surface area (Å²) in [6.07, 6.45) is 0. The number of carbonyl (C=O) groups excluding carboxylic acids is 2. The van der Waals surface area contributed by atoms with Crippen LogP contribution in [0.15, 0.2) is 60.0 Å². The Hall–Kier alpha value is -2.63. The number of aryl methyl sites for hydroxylation is 1. The van der Waals surface area contributed by atoms with E-state index in [1.165, 1.54) is 11.3 Å². The van der Waals surface area contributed by atoms with Crippen molar-refractivity contribution < 1.29 is 9.59 Å². The number of thiophene rings is 1. The summed E-state index contributed by atoms with van der Waals surface area (Å²) in [4.78, 5) is 25.2. The Labute approximate surface area is 160 Å². The van der Waals surface area contributed by atoms with Crippen LogP contribution in [0.4, 0.5) is 5.69 Å². The second kappa shape index (κ2) is 8.17. The van der Waals surface area contributed by atoms with Crippen LogP contribution in [0.25, 0.3) is 0 Å². The van der Waals surface area contributed by atoms with E-state index < -0.39 is 0 Å². The van der Waals surface area contributed by atoms with Crippen LogP contribution in [0.3, 0.4) is 0 Å². The van der Waals surface area contributed by atoms with Crippen molar-refractivity contribution in [2.24, 2.45) is 0 Å². The first-order valence-corrected chi connectivity index (χ1v) is 9.27. The van der Waals surface area contributed by atoms with E-state index in [0.29, 0.717) is 27.7 Å². The number of halogens is 1. The molecule has 3 aromatic rings. The molecule has 2 N–H and O–H groups in total. The highest BCUT2D eigenvalue weighted by Gasteiger charge is 2.13. The summed E-state index contributed by atoms with van der Waals surface area (Å²) in [5.41, 5.74) is 3.01. The molecule has 0 aliphatic rings. The maximum atomic E-state index is 12.4. The van der Waals surface area contributed by atoms with Gasteiger partial charge in [-0.25, -0.2) is 0 Å². The number of amides is 2. The Morgan fingerprint density at radius 3 is 2.62 bits per heavy atom. The van der Waals surface area contributed by atoms with Crippen LogP contribution in [0.2, 0.25) is 5.02 Å². The van der Waals surface area contributed by atoms with Crippen molar-refractivity contribution in [3.8, 4) is 0 Å². The molecule has 0 atom stereocenters. The zero-order chi connectivity index (χ0) is 18.5. The summed E-state index contributed by atoms with van der Waals surface area (Å²) in [5, 5.41) is 7.83. The molecule has 26 heavy (non-hydrogen) atoms. The van der Waals surface area contributed by atoms with Gasteiger partial charge in [0.25, 0.3) is 11.8 Å². The Bertz CT molecular complexity index is 939. The lowest BCUT2D eigenvalue weighted by Crippen LogP contribution is -2.23. The maximum absolute atomic E-state index is 12.4. The molecule has 0 saturated heterocycles. The van der Waals surface area contributed by atoms with E-state index in [1.54, 1.807) is 30.3 Å².